The first-order chi connectivity index (χ1) is 14.2. The van der Waals surface area contributed by atoms with Crippen molar-refractivity contribution in [1.29, 1.82) is 0 Å². The summed E-state index contributed by atoms with van der Waals surface area (Å²) >= 11 is 0. The third kappa shape index (κ3) is 6.93. The van der Waals surface area contributed by atoms with E-state index in [0.717, 1.165) is 17.9 Å². The molecule has 2 fully saturated rings. The maximum atomic E-state index is 12.8. The zero-order chi connectivity index (χ0) is 22.3. The zero-order valence-corrected chi connectivity index (χ0v) is 18.0. The number of ketones is 1. The molecular weight excluding hydrogens is 394 g/mol. The highest BCUT2D eigenvalue weighted by molar-refractivity contribution is 5.82. The van der Waals surface area contributed by atoms with E-state index in [-0.39, 0.29) is 30.4 Å². The summed E-state index contributed by atoms with van der Waals surface area (Å²) in [7, 11) is 0. The topological polar surface area (TPSA) is 114 Å². The van der Waals surface area contributed by atoms with Crippen LogP contribution in [0.2, 0.25) is 0 Å². The summed E-state index contributed by atoms with van der Waals surface area (Å²) < 4.78 is 15.3. The second kappa shape index (κ2) is 10.8. The van der Waals surface area contributed by atoms with E-state index in [1.807, 2.05) is 0 Å². The van der Waals surface area contributed by atoms with Crippen molar-refractivity contribution in [3.8, 4) is 0 Å². The molecule has 0 radical (unpaired) electrons. The van der Waals surface area contributed by atoms with Crippen molar-refractivity contribution >= 4 is 24.1 Å². The van der Waals surface area contributed by atoms with Crippen molar-refractivity contribution in [2.24, 2.45) is 5.92 Å². The molecule has 30 heavy (non-hydrogen) atoms. The van der Waals surface area contributed by atoms with Crippen LogP contribution in [-0.4, -0.2) is 59.3 Å². The Morgan fingerprint density at radius 2 is 1.90 bits per heavy atom. The van der Waals surface area contributed by atoms with Crippen LogP contribution in [-0.2, 0) is 19.0 Å². The van der Waals surface area contributed by atoms with Crippen molar-refractivity contribution in [3.05, 3.63) is 11.9 Å². The normalized spacial score (nSPS) is 19.7. The Labute approximate surface area is 176 Å². The van der Waals surface area contributed by atoms with Gasteiger partial charge in [-0.05, 0) is 40.5 Å². The Balaban J connectivity index is 2.34. The molecule has 1 N–H and O–H groups in total. The number of nitrogens with zero attached hydrogens (tertiary/aromatic N) is 2. The highest BCUT2D eigenvalue weighted by Crippen LogP contribution is 2.28. The molecule has 1 saturated carbocycles. The van der Waals surface area contributed by atoms with Gasteiger partial charge in [0.2, 0.25) is 0 Å². The van der Waals surface area contributed by atoms with E-state index in [0.29, 0.717) is 19.4 Å². The number of amides is 3. The minimum absolute atomic E-state index is 0.0954. The smallest absolute Gasteiger partial charge is 0.433 e. The maximum absolute atomic E-state index is 12.8. The van der Waals surface area contributed by atoms with Gasteiger partial charge < -0.3 is 14.2 Å². The minimum atomic E-state index is -0.851. The first-order valence-corrected chi connectivity index (χ1v) is 10.3. The Morgan fingerprint density at radius 3 is 2.47 bits per heavy atom. The fourth-order valence-corrected chi connectivity index (χ4v) is 3.25. The van der Waals surface area contributed by atoms with Crippen LogP contribution >= 0.6 is 0 Å². The number of ether oxygens (including phenoxy) is 3. The standard InChI is InChI=1S/C20H31N3O7/c1-13(2)29-18(25)21-23(20(27)30-14(3)4)16(12-22-9-10-28-19(22)26)11-15-7-5-6-8-17(15)24/h12-15H,5-11H2,1-4H3,(H,21,25)/b16-12-. The van der Waals surface area contributed by atoms with Crippen LogP contribution in [0.4, 0.5) is 14.4 Å². The fourth-order valence-electron chi connectivity index (χ4n) is 3.25. The number of carbonyl (C=O) groups is 4. The predicted octanol–water partition coefficient (Wildman–Crippen LogP) is 3.33. The van der Waals surface area contributed by atoms with E-state index in [1.54, 1.807) is 27.7 Å². The molecule has 1 unspecified atom stereocenters. The molecule has 0 bridgehead atoms. The van der Waals surface area contributed by atoms with Crippen molar-refractivity contribution in [1.82, 2.24) is 15.3 Å². The van der Waals surface area contributed by atoms with Crippen LogP contribution in [0.5, 0.6) is 0 Å². The second-order valence-electron chi connectivity index (χ2n) is 7.88. The average Bonchev–Trinajstić information content (AvgIpc) is 3.04. The summed E-state index contributed by atoms with van der Waals surface area (Å²) in [6.45, 7) is 7.21. The number of hydrazine groups is 1. The Morgan fingerprint density at radius 1 is 1.20 bits per heavy atom. The quantitative estimate of drug-likeness (QED) is 0.513. The summed E-state index contributed by atoms with van der Waals surface area (Å²) in [4.78, 5) is 50.6. The van der Waals surface area contributed by atoms with Crippen molar-refractivity contribution in [3.63, 3.8) is 0 Å². The fraction of sp³-hybridized carbons (Fsp3) is 0.700. The molecule has 10 heteroatoms. The molecule has 1 saturated heterocycles. The molecule has 1 heterocycles. The van der Waals surface area contributed by atoms with Gasteiger partial charge in [-0.25, -0.2) is 19.8 Å². The molecule has 2 rings (SSSR count). The van der Waals surface area contributed by atoms with E-state index < -0.39 is 30.5 Å². The lowest BCUT2D eigenvalue weighted by molar-refractivity contribution is -0.124. The van der Waals surface area contributed by atoms with Gasteiger partial charge in [0.05, 0.1) is 24.4 Å². The third-order valence-corrected chi connectivity index (χ3v) is 4.59. The van der Waals surface area contributed by atoms with Gasteiger partial charge in [-0.1, -0.05) is 6.42 Å². The molecule has 1 aliphatic carbocycles. The lowest BCUT2D eigenvalue weighted by Gasteiger charge is -2.30. The number of nitrogens with one attached hydrogen (secondary N) is 1. The lowest BCUT2D eigenvalue weighted by atomic mass is 9.85. The number of carbonyl (C=O) groups excluding carboxylic acids is 4. The van der Waals surface area contributed by atoms with E-state index >= 15 is 0 Å². The number of cyclic esters (lactones) is 1. The first kappa shape index (κ1) is 23.5. The molecule has 0 spiro atoms. The number of rotatable bonds is 6. The molecule has 1 aliphatic heterocycles. The molecule has 0 aromatic rings. The molecule has 168 valence electrons. The Bertz CT molecular complexity index is 690. The summed E-state index contributed by atoms with van der Waals surface area (Å²) in [5.74, 6) is -0.223. The van der Waals surface area contributed by atoms with E-state index in [4.69, 9.17) is 14.2 Å². The van der Waals surface area contributed by atoms with Crippen LogP contribution < -0.4 is 5.43 Å². The predicted molar refractivity (Wildman–Crippen MR) is 106 cm³/mol. The lowest BCUT2D eigenvalue weighted by Crippen LogP contribution is -2.48. The highest BCUT2D eigenvalue weighted by atomic mass is 16.6. The largest absolute Gasteiger partial charge is 0.447 e. The van der Waals surface area contributed by atoms with Gasteiger partial charge in [0.25, 0.3) is 0 Å². The summed E-state index contributed by atoms with van der Waals surface area (Å²) in [6.07, 6.45) is 1.36. The minimum Gasteiger partial charge on any atom is -0.447 e. The van der Waals surface area contributed by atoms with E-state index in [9.17, 15) is 19.2 Å². The zero-order valence-electron chi connectivity index (χ0n) is 18.0. The van der Waals surface area contributed by atoms with Crippen LogP contribution in [0.15, 0.2) is 11.9 Å². The summed E-state index contributed by atoms with van der Waals surface area (Å²) in [6, 6.07) is 0. The average molecular weight is 425 g/mol. The van der Waals surface area contributed by atoms with Crippen molar-refractivity contribution in [2.75, 3.05) is 13.2 Å². The van der Waals surface area contributed by atoms with Gasteiger partial charge in [0.15, 0.2) is 0 Å². The van der Waals surface area contributed by atoms with Gasteiger partial charge in [-0.2, -0.15) is 5.01 Å². The van der Waals surface area contributed by atoms with Crippen molar-refractivity contribution < 1.29 is 33.4 Å². The maximum Gasteiger partial charge on any atom is 0.433 e. The number of allylic oxidation sites excluding steroid dienone is 1. The highest BCUT2D eigenvalue weighted by Gasteiger charge is 2.32. The van der Waals surface area contributed by atoms with Crippen LogP contribution in [0.25, 0.3) is 0 Å². The third-order valence-electron chi connectivity index (χ3n) is 4.59. The second-order valence-corrected chi connectivity index (χ2v) is 7.88. The van der Waals surface area contributed by atoms with E-state index in [2.05, 4.69) is 5.43 Å². The van der Waals surface area contributed by atoms with Crippen LogP contribution in [0, 0.1) is 5.92 Å². The molecule has 0 aromatic carbocycles. The summed E-state index contributed by atoms with van der Waals surface area (Å²) in [5, 5.41) is 0.915. The molecule has 1 atom stereocenters. The van der Waals surface area contributed by atoms with Gasteiger partial charge in [-0.3, -0.25) is 9.69 Å². The molecule has 0 aromatic heterocycles. The van der Waals surface area contributed by atoms with E-state index in [1.165, 1.54) is 11.1 Å². The van der Waals surface area contributed by atoms with Gasteiger partial charge in [0, 0.05) is 25.0 Å². The number of hydrogen-bond acceptors (Lipinski definition) is 7. The van der Waals surface area contributed by atoms with Crippen LogP contribution in [0.3, 0.4) is 0 Å². The number of Topliss-reactive ketones (excluding diaryl/α,β-unsaturated/α-hetero) is 1. The van der Waals surface area contributed by atoms with Gasteiger partial charge in [-0.15, -0.1) is 0 Å². The van der Waals surface area contributed by atoms with Crippen molar-refractivity contribution in [2.45, 2.75) is 72.0 Å². The molecule has 3 amide bonds. The van der Waals surface area contributed by atoms with Gasteiger partial charge in [0.1, 0.15) is 12.4 Å². The molecule has 2 aliphatic rings. The Hall–Kier alpha value is -2.78. The van der Waals surface area contributed by atoms with Crippen LogP contribution in [0.1, 0.15) is 59.8 Å². The Kier molecular flexibility index (Phi) is 8.49. The van der Waals surface area contributed by atoms with Gasteiger partial charge >= 0.3 is 18.3 Å². The monoisotopic (exact) mass is 425 g/mol. The SMILES string of the molecule is CC(C)OC(=O)NN(C(=O)OC(C)C)/C(=C\N1CCOC1=O)CC1CCCCC1=O. The first-order valence-electron chi connectivity index (χ1n) is 10.3. The molecular formula is C20H31N3O7. The molecule has 10 nitrogen and oxygen atoms in total. The number of hydrogen-bond donors (Lipinski definition) is 1. The summed E-state index contributed by atoms with van der Waals surface area (Å²) in [5.41, 5.74) is 2.64.